The van der Waals surface area contributed by atoms with Crippen LogP contribution in [-0.2, 0) is 71.3 Å². The van der Waals surface area contributed by atoms with E-state index in [0.29, 0.717) is 182 Å². The zero-order chi connectivity index (χ0) is 65.6. The summed E-state index contributed by atoms with van der Waals surface area (Å²) in [4.78, 5) is 68.9. The first-order valence-corrected chi connectivity index (χ1v) is 35.6. The average Bonchev–Trinajstić information content (AvgIpc) is 1.03. The minimum absolute atomic E-state index is 0.0286. The van der Waals surface area contributed by atoms with Crippen molar-refractivity contribution >= 4 is 41.5 Å². The lowest BCUT2D eigenvalue weighted by Gasteiger charge is -2.38. The van der Waals surface area contributed by atoms with E-state index < -0.39 is 35.9 Å². The fourth-order valence-electron chi connectivity index (χ4n) is 11.9. The van der Waals surface area contributed by atoms with Crippen LogP contribution in [0, 0.1) is 18.8 Å². The van der Waals surface area contributed by atoms with Crippen LogP contribution >= 0.6 is 11.8 Å². The first-order chi connectivity index (χ1) is 44.9. The van der Waals surface area contributed by atoms with E-state index in [4.69, 9.17) is 52.1 Å². The SMILES string of the molecule is COC1C[C@@H]2CC[C@@H](C)C(O2)C(=O)C(=O)N2CCCCC2C(=O)OC(CCC2CCC(NCCOCCOCCOCCOCCOCCOCCOCCOCCCCSc3ccc(C=O)c(C)c3)CC2)CCC/C=C/C(O)CC(=O)CCC/C=C/C=CC=C1C. The molecule has 0 aromatic heterocycles. The number of aliphatic hydroxyl groups is 1. The van der Waals surface area contributed by atoms with E-state index in [0.717, 1.165) is 106 Å². The third-order valence-electron chi connectivity index (χ3n) is 17.4. The molecule has 1 aromatic carbocycles. The van der Waals surface area contributed by atoms with E-state index in [2.05, 4.69) is 11.4 Å². The van der Waals surface area contributed by atoms with Gasteiger partial charge in [0.25, 0.3) is 5.91 Å². The first-order valence-electron chi connectivity index (χ1n) is 34.6. The molecule has 0 radical (unpaired) electrons. The Kier molecular flexibility index (Phi) is 42.4. The number of nitrogens with zero attached hydrogens (tertiary/aromatic N) is 1. The first kappa shape index (κ1) is 78.7. The highest BCUT2D eigenvalue weighted by molar-refractivity contribution is 7.99. The van der Waals surface area contributed by atoms with E-state index in [1.54, 1.807) is 24.9 Å². The number of amides is 1. The Hall–Kier alpha value is -4.00. The molecule has 2 saturated heterocycles. The molecule has 7 atom stereocenters. The third kappa shape index (κ3) is 33.6. The number of cyclic esters (lactones) is 1. The average molecular weight is 1310 g/mol. The molecule has 92 heavy (non-hydrogen) atoms. The van der Waals surface area contributed by atoms with Gasteiger partial charge in [-0.1, -0.05) is 55.5 Å². The summed E-state index contributed by atoms with van der Waals surface area (Å²) < 4.78 is 63.8. The smallest absolute Gasteiger partial charge is 0.329 e. The Balaban J connectivity index is 0.882. The van der Waals surface area contributed by atoms with Gasteiger partial charge in [0.2, 0.25) is 5.78 Å². The van der Waals surface area contributed by atoms with Gasteiger partial charge >= 0.3 is 5.97 Å². The van der Waals surface area contributed by atoms with Crippen molar-refractivity contribution in [3.8, 4) is 0 Å². The monoisotopic (exact) mass is 1310 g/mol. The van der Waals surface area contributed by atoms with Crippen LogP contribution in [0.25, 0.3) is 0 Å². The van der Waals surface area contributed by atoms with E-state index in [9.17, 15) is 29.1 Å². The topological polar surface area (TPSA) is 222 Å². The number of nitrogens with one attached hydrogen (secondary N) is 1. The number of esters is 1. The lowest BCUT2D eigenvalue weighted by molar-refractivity contribution is -0.169. The van der Waals surface area contributed by atoms with Gasteiger partial charge in [-0.15, -0.1) is 11.8 Å². The summed E-state index contributed by atoms with van der Waals surface area (Å²) in [6.07, 6.45) is 27.5. The van der Waals surface area contributed by atoms with Crippen molar-refractivity contribution in [3.63, 3.8) is 0 Å². The van der Waals surface area contributed by atoms with Gasteiger partial charge in [0.1, 0.15) is 30.3 Å². The van der Waals surface area contributed by atoms with Crippen molar-refractivity contribution < 1.29 is 81.2 Å². The molecule has 1 amide bonds. The molecule has 1 aromatic rings. The highest BCUT2D eigenvalue weighted by atomic mass is 32.2. The molecule has 5 unspecified atom stereocenters. The molecule has 3 fully saturated rings. The van der Waals surface area contributed by atoms with Crippen LogP contribution in [-0.4, -0.2) is 214 Å². The van der Waals surface area contributed by atoms with Gasteiger partial charge in [0.05, 0.1) is 117 Å². The number of carbonyl (C=O) groups excluding carboxylic acids is 5. The maximum absolute atomic E-state index is 14.2. The fourth-order valence-corrected chi connectivity index (χ4v) is 12.9. The number of Topliss-reactive ketones (excluding diaryl/α,β-unsaturated/α-hetero) is 2. The largest absolute Gasteiger partial charge is 0.461 e. The number of thioether (sulfide) groups is 1. The molecular formula is C72H114N2O17S. The van der Waals surface area contributed by atoms with Crippen molar-refractivity contribution in [2.75, 3.05) is 132 Å². The van der Waals surface area contributed by atoms with Crippen molar-refractivity contribution in [1.29, 1.82) is 0 Å². The van der Waals surface area contributed by atoms with Crippen LogP contribution in [0.4, 0.5) is 0 Å². The van der Waals surface area contributed by atoms with Gasteiger partial charge in [-0.2, -0.15) is 0 Å². The van der Waals surface area contributed by atoms with Crippen LogP contribution < -0.4 is 5.32 Å². The second-order valence-corrected chi connectivity index (χ2v) is 25.9. The molecule has 1 saturated carbocycles. The fraction of sp³-hybridized carbons (Fsp3) is 0.736. The van der Waals surface area contributed by atoms with Gasteiger partial charge in [-0.3, -0.25) is 19.2 Å². The van der Waals surface area contributed by atoms with Crippen LogP contribution in [0.3, 0.4) is 0 Å². The number of hydrogen-bond donors (Lipinski definition) is 2. The van der Waals surface area contributed by atoms with E-state index in [-0.39, 0.29) is 36.4 Å². The number of allylic oxidation sites excluding steroid dienone is 6. The number of aryl methyl sites for hydroxylation is 1. The number of methoxy groups -OCH3 is 1. The summed E-state index contributed by atoms with van der Waals surface area (Å²) in [5.74, 6) is -0.348. The maximum Gasteiger partial charge on any atom is 0.329 e. The van der Waals surface area contributed by atoms with E-state index in [1.807, 2.05) is 69.4 Å². The van der Waals surface area contributed by atoms with Gasteiger partial charge in [0, 0.05) is 62.6 Å². The van der Waals surface area contributed by atoms with Crippen molar-refractivity contribution in [2.24, 2.45) is 11.8 Å². The number of piperidine rings is 1. The minimum atomic E-state index is -0.907. The molecule has 19 nitrogen and oxygen atoms in total. The highest BCUT2D eigenvalue weighted by Gasteiger charge is 2.43. The lowest BCUT2D eigenvalue weighted by atomic mass is 9.82. The van der Waals surface area contributed by atoms with Crippen LogP contribution in [0.15, 0.2) is 71.2 Å². The van der Waals surface area contributed by atoms with E-state index in [1.165, 1.54) is 9.80 Å². The molecule has 2 bridgehead atoms. The summed E-state index contributed by atoms with van der Waals surface area (Å²) in [6, 6.07) is 5.52. The molecule has 20 heteroatoms. The van der Waals surface area contributed by atoms with Gasteiger partial charge < -0.3 is 67.4 Å². The number of aliphatic hydroxyl groups excluding tert-OH is 1. The zero-order valence-corrected chi connectivity index (χ0v) is 57.0. The summed E-state index contributed by atoms with van der Waals surface area (Å²) in [6.45, 7) is 15.3. The second-order valence-electron chi connectivity index (χ2n) is 24.8. The van der Waals surface area contributed by atoms with Gasteiger partial charge in [0.15, 0.2) is 0 Å². The van der Waals surface area contributed by atoms with Crippen molar-refractivity contribution in [1.82, 2.24) is 10.2 Å². The summed E-state index contributed by atoms with van der Waals surface area (Å²) in [5.41, 5.74) is 2.76. The molecule has 1 aliphatic carbocycles. The second kappa shape index (κ2) is 49.5. The summed E-state index contributed by atoms with van der Waals surface area (Å²) in [7, 11) is 1.66. The zero-order valence-electron chi connectivity index (χ0n) is 56.2. The Morgan fingerprint density at radius 1 is 0.685 bits per heavy atom. The highest BCUT2D eigenvalue weighted by Crippen LogP contribution is 2.33. The predicted octanol–water partition coefficient (Wildman–Crippen LogP) is 10.5. The molecule has 0 spiro atoms. The summed E-state index contributed by atoms with van der Waals surface area (Å²) >= 11 is 1.80. The Morgan fingerprint density at radius 2 is 1.33 bits per heavy atom. The van der Waals surface area contributed by atoms with E-state index >= 15 is 0 Å². The predicted molar refractivity (Wildman–Crippen MR) is 357 cm³/mol. The number of carbonyl (C=O) groups is 5. The van der Waals surface area contributed by atoms with Crippen LogP contribution in [0.1, 0.15) is 165 Å². The number of benzene rings is 1. The number of hydrogen-bond acceptors (Lipinski definition) is 19. The normalized spacial score (nSPS) is 25.5. The number of aldehydes is 1. The molecule has 2 N–H and O–H groups in total. The molecule has 5 rings (SSSR count). The van der Waals surface area contributed by atoms with Gasteiger partial charge in [-0.25, -0.2) is 4.79 Å². The molecule has 3 heterocycles. The number of ether oxygens (including phenoxy) is 11. The quantitative estimate of drug-likeness (QED) is 0.0159. The summed E-state index contributed by atoms with van der Waals surface area (Å²) in [5, 5.41) is 14.3. The third-order valence-corrected chi connectivity index (χ3v) is 18.5. The van der Waals surface area contributed by atoms with Gasteiger partial charge in [-0.05, 0) is 170 Å². The van der Waals surface area contributed by atoms with Crippen LogP contribution in [0.2, 0.25) is 0 Å². The Labute approximate surface area is 554 Å². The maximum atomic E-state index is 14.2. The lowest BCUT2D eigenvalue weighted by Crippen LogP contribution is -2.55. The number of rotatable bonds is 36. The van der Waals surface area contributed by atoms with Crippen molar-refractivity contribution in [3.05, 3.63) is 77.4 Å². The van der Waals surface area contributed by atoms with Crippen molar-refractivity contribution in [2.45, 2.75) is 203 Å². The van der Waals surface area contributed by atoms with Crippen LogP contribution in [0.5, 0.6) is 0 Å². The Bertz CT molecular complexity index is 2330. The minimum Gasteiger partial charge on any atom is -0.461 e. The molecule has 4 aliphatic rings. The standard InChI is InChI=1S/C72H114N2O17S/c1-56-18-10-7-5-6-8-11-19-62(76)53-63(77)20-12-9-13-21-64(91-72(80)67-22-14-15-34-74(67)71(79)69(78)70-57(2)23-30-65(90-70)54-68(56)81-4)31-26-59-24-28-61(29-25-59)73-33-36-83-38-40-85-42-44-87-46-48-89-50-49-88-47-45-86-43-41-84-39-37-82-35-16-17-51-92-66-32-27-60(55-75)58(3)52-66/h5-7,10,12,18,20,27,32,52,55,57,59,61,63-65,67-68,70,73,77H,8-9,11,13-17,19,21-26,28-31,33-51,53-54H2,1-4H3/b6-5+,10-7?,20-12+,56-18?/t57-,59?,61?,63?,64?,65+,67?,68?,70?/m1/s1. The molecular weight excluding hydrogens is 1200 g/mol. The number of ketones is 2. The molecule has 520 valence electrons. The molecule has 3 aliphatic heterocycles. The number of fused-ring (bicyclic) bond motifs is 3. The Morgan fingerprint density at radius 3 is 1.97 bits per heavy atom. The number of unbranched alkanes of at least 4 members (excludes halogenated alkanes) is 1.